The molecule has 18 heteroatoms. The average Bonchev–Trinajstić information content (AvgIpc) is 3.05. The van der Waals surface area contributed by atoms with Crippen molar-refractivity contribution in [1.29, 1.82) is 0 Å². The summed E-state index contributed by atoms with van der Waals surface area (Å²) >= 11 is 12.4. The number of nitrogens with one attached hydrogen (secondary N) is 2. The van der Waals surface area contributed by atoms with E-state index in [4.69, 9.17) is 41.9 Å². The number of aliphatic hydroxyl groups excluding tert-OH is 1. The maximum Gasteiger partial charge on any atom is 0.330 e. The Labute approximate surface area is 243 Å². The highest BCUT2D eigenvalue weighted by Gasteiger charge is 2.58. The van der Waals surface area contributed by atoms with Crippen LogP contribution in [-0.4, -0.2) is 74.2 Å². The van der Waals surface area contributed by atoms with Crippen molar-refractivity contribution in [3.05, 3.63) is 32.9 Å². The molecule has 0 saturated carbocycles. The summed E-state index contributed by atoms with van der Waals surface area (Å²) in [7, 11) is 0. The summed E-state index contributed by atoms with van der Waals surface area (Å²) in [6.45, 7) is 5.75. The third-order valence-corrected chi connectivity index (χ3v) is 9.53. The number of aromatic amines is 1. The number of carbonyl (C=O) groups excluding carboxylic acids is 2. The van der Waals surface area contributed by atoms with Crippen LogP contribution in [0.4, 0.5) is 8.78 Å². The molecular weight excluding hydrogens is 619 g/mol. The van der Waals surface area contributed by atoms with Gasteiger partial charge in [-0.2, -0.15) is 4.39 Å². The van der Waals surface area contributed by atoms with Crippen molar-refractivity contribution in [2.24, 2.45) is 5.41 Å². The van der Waals surface area contributed by atoms with Crippen LogP contribution in [0.1, 0.15) is 47.8 Å². The van der Waals surface area contributed by atoms with Crippen molar-refractivity contribution < 1.29 is 42.0 Å². The number of alkyl halides is 2. The van der Waals surface area contributed by atoms with Gasteiger partial charge in [0.25, 0.3) is 17.3 Å². The molecule has 228 valence electrons. The maximum atomic E-state index is 15.3. The van der Waals surface area contributed by atoms with Crippen molar-refractivity contribution in [2.45, 2.75) is 77.3 Å². The Hall–Kier alpha value is -1.23. The Morgan fingerprint density at radius 2 is 1.98 bits per heavy atom. The number of rotatable bonds is 12. The number of hydrogen-bond acceptors (Lipinski definition) is 11. The lowest BCUT2D eigenvalue weighted by atomic mass is 10.00. The topological polar surface area (TPSA) is 158 Å². The first-order valence-corrected chi connectivity index (χ1v) is 16.1. The molecule has 1 fully saturated rings. The van der Waals surface area contributed by atoms with Gasteiger partial charge in [-0.3, -0.25) is 23.9 Å². The Morgan fingerprint density at radius 3 is 2.55 bits per heavy atom. The Morgan fingerprint density at radius 1 is 1.35 bits per heavy atom. The van der Waals surface area contributed by atoms with Gasteiger partial charge in [-0.1, -0.05) is 44.1 Å². The predicted molar refractivity (Wildman–Crippen MR) is 148 cm³/mol. The lowest BCUT2D eigenvalue weighted by Crippen LogP contribution is -2.42. The molecule has 0 radical (unpaired) electrons. The molecule has 2 heterocycles. The van der Waals surface area contributed by atoms with Gasteiger partial charge in [-0.15, -0.1) is 0 Å². The highest BCUT2D eigenvalue weighted by molar-refractivity contribution is 8.13. The minimum atomic E-state index is -3.58. The number of aliphatic hydroxyl groups is 1. The fourth-order valence-electron chi connectivity index (χ4n) is 3.16. The molecule has 2 rings (SSSR count). The molecule has 0 aromatic carbocycles. The van der Waals surface area contributed by atoms with E-state index in [0.29, 0.717) is 10.8 Å². The van der Waals surface area contributed by atoms with E-state index in [1.165, 1.54) is 6.92 Å². The lowest BCUT2D eigenvalue weighted by molar-refractivity contribution is -0.149. The number of aromatic nitrogens is 2. The minimum Gasteiger partial charge on any atom is -0.462 e. The monoisotopic (exact) mass is 651 g/mol. The molecule has 1 saturated heterocycles. The molecule has 0 spiro atoms. The van der Waals surface area contributed by atoms with Crippen LogP contribution in [0.5, 0.6) is 0 Å². The zero-order chi connectivity index (χ0) is 30.6. The maximum absolute atomic E-state index is 15.3. The minimum absolute atomic E-state index is 0.0754. The molecule has 0 bridgehead atoms. The van der Waals surface area contributed by atoms with Gasteiger partial charge in [-0.25, -0.2) is 14.3 Å². The summed E-state index contributed by atoms with van der Waals surface area (Å²) in [4.78, 5) is 49.6. The van der Waals surface area contributed by atoms with Crippen molar-refractivity contribution in [1.82, 2.24) is 14.6 Å². The normalized spacial score (nSPS) is 25.5. The number of ether oxygens (including phenoxy) is 2. The van der Waals surface area contributed by atoms with Crippen molar-refractivity contribution in [3.63, 3.8) is 0 Å². The lowest BCUT2D eigenvalue weighted by Gasteiger charge is -2.28. The van der Waals surface area contributed by atoms with E-state index in [2.05, 4.69) is 5.09 Å². The first-order chi connectivity index (χ1) is 18.3. The fourth-order valence-corrected chi connectivity index (χ4v) is 6.72. The number of hydrogen-bond donors (Lipinski definition) is 3. The van der Waals surface area contributed by atoms with Gasteiger partial charge >= 0.3 is 11.7 Å². The molecule has 1 aliphatic heterocycles. The number of esters is 1. The number of halogens is 3. The van der Waals surface area contributed by atoms with Crippen LogP contribution in [0.2, 0.25) is 0 Å². The summed E-state index contributed by atoms with van der Waals surface area (Å²) in [6.07, 6.45) is -5.72. The van der Waals surface area contributed by atoms with E-state index >= 15 is 4.39 Å². The molecule has 0 amide bonds. The van der Waals surface area contributed by atoms with E-state index in [9.17, 15) is 28.7 Å². The third-order valence-electron chi connectivity index (χ3n) is 5.21. The molecule has 0 aliphatic carbocycles. The van der Waals surface area contributed by atoms with Crippen LogP contribution in [0, 0.1) is 11.2 Å². The second-order valence-corrected chi connectivity index (χ2v) is 15.0. The summed E-state index contributed by atoms with van der Waals surface area (Å²) in [5.74, 6) is -1.87. The van der Waals surface area contributed by atoms with Gasteiger partial charge in [0.05, 0.1) is 25.5 Å². The largest absolute Gasteiger partial charge is 0.462 e. The number of nitrogens with zero attached hydrogens (tertiary/aromatic N) is 1. The quantitative estimate of drug-likeness (QED) is 0.131. The van der Waals surface area contributed by atoms with Gasteiger partial charge in [0.1, 0.15) is 18.2 Å². The van der Waals surface area contributed by atoms with Gasteiger partial charge in [-0.05, 0) is 32.6 Å². The van der Waals surface area contributed by atoms with Crippen molar-refractivity contribution in [3.8, 4) is 0 Å². The van der Waals surface area contributed by atoms with Crippen LogP contribution in [0.3, 0.4) is 0 Å². The average molecular weight is 652 g/mol. The van der Waals surface area contributed by atoms with Crippen LogP contribution in [0.15, 0.2) is 15.8 Å². The molecule has 12 nitrogen and oxygen atoms in total. The SMILES string of the molecule is CC(C)OC(=O)[C@@H](C)N[P@@](=S)(OCCSC(=O)C(C)(C)C)OC[C@H]1O[C@@H](n2cc(F)c(=O)[nH]c2=O)[C@@](F)(Cl)[C@@H]1O. The Bertz CT molecular complexity index is 1240. The molecule has 1 aromatic heterocycles. The first kappa shape index (κ1) is 35.0. The smallest absolute Gasteiger partial charge is 0.330 e. The van der Waals surface area contributed by atoms with Gasteiger partial charge in [0.15, 0.2) is 11.3 Å². The van der Waals surface area contributed by atoms with Gasteiger partial charge in [0, 0.05) is 11.2 Å². The molecule has 40 heavy (non-hydrogen) atoms. The van der Waals surface area contributed by atoms with E-state index in [-0.39, 0.29) is 17.5 Å². The Balaban J connectivity index is 2.19. The molecule has 3 N–H and O–H groups in total. The van der Waals surface area contributed by atoms with Gasteiger partial charge in [0.2, 0.25) is 5.82 Å². The van der Waals surface area contributed by atoms with E-state index in [1.807, 2.05) is 0 Å². The van der Waals surface area contributed by atoms with Crippen molar-refractivity contribution in [2.75, 3.05) is 19.0 Å². The van der Waals surface area contributed by atoms with E-state index in [1.54, 1.807) is 39.6 Å². The summed E-state index contributed by atoms with van der Waals surface area (Å²) in [5, 5.41) is 10.0. The molecule has 1 aromatic rings. The van der Waals surface area contributed by atoms with E-state index < -0.39 is 77.4 Å². The van der Waals surface area contributed by atoms with Crippen LogP contribution >= 0.6 is 30.0 Å². The van der Waals surface area contributed by atoms with Crippen LogP contribution in [-0.2, 0) is 39.9 Å². The summed E-state index contributed by atoms with van der Waals surface area (Å²) < 4.78 is 51.4. The first-order valence-electron chi connectivity index (χ1n) is 12.1. The zero-order valence-corrected chi connectivity index (χ0v) is 25.9. The number of H-pyrrole nitrogens is 1. The molecule has 1 aliphatic rings. The van der Waals surface area contributed by atoms with Gasteiger partial charge < -0.3 is 23.6 Å². The molecule has 0 unspecified atom stereocenters. The van der Waals surface area contributed by atoms with Crippen LogP contribution in [0.25, 0.3) is 0 Å². The zero-order valence-electron chi connectivity index (χ0n) is 22.6. The number of thioether (sulfide) groups is 1. The van der Waals surface area contributed by atoms with Crippen LogP contribution < -0.4 is 16.3 Å². The predicted octanol–water partition coefficient (Wildman–Crippen LogP) is 2.33. The molecule has 6 atom stereocenters. The fraction of sp³-hybridized carbons (Fsp3) is 0.727. The summed E-state index contributed by atoms with van der Waals surface area (Å²) in [5.41, 5.74) is -3.16. The highest BCUT2D eigenvalue weighted by Crippen LogP contribution is 2.48. The second kappa shape index (κ2) is 13.8. The molecular formula is C22H33ClF2N3O9PS2. The third kappa shape index (κ3) is 9.13. The number of carbonyl (C=O) groups is 2. The second-order valence-electron chi connectivity index (χ2n) is 10.1. The standard InChI is InChI=1S/C22H33ClF2N3O9PS2/c1-11(2)36-17(31)12(3)27-38(39,34-7-8-40-19(32)21(4,5)6)35-10-14-15(29)22(23,25)18(37-14)28-9-13(24)16(30)26-20(28)33/h9,11-12,14-15,18,29H,7-8,10H2,1-6H3,(H,27,39)(H,26,30,33)/t12-,14-,15-,18-,22-,38-/m1/s1. The van der Waals surface area contributed by atoms with Crippen molar-refractivity contribution >= 4 is 52.9 Å². The van der Waals surface area contributed by atoms with E-state index in [0.717, 1.165) is 11.8 Å². The highest BCUT2D eigenvalue weighted by atomic mass is 35.5. The Kier molecular flexibility index (Phi) is 12.1. The summed E-state index contributed by atoms with van der Waals surface area (Å²) in [6, 6.07) is -1.00.